The standard InChI is InChI=1S/C21H23NO4S/c1-5-25-19-12-15(4)17(14(2)3)13-20(19)27(23,24)26-18-10-6-8-16-9-7-11-22-21(16)18/h6-14H,5H2,1-4H3. The summed E-state index contributed by atoms with van der Waals surface area (Å²) < 4.78 is 37.3. The molecule has 142 valence electrons. The third-order valence-corrected chi connectivity index (χ3v) is 5.58. The summed E-state index contributed by atoms with van der Waals surface area (Å²) in [5.74, 6) is 0.670. The maximum absolute atomic E-state index is 13.1. The normalized spacial score (nSPS) is 11.7. The summed E-state index contributed by atoms with van der Waals surface area (Å²) in [4.78, 5) is 4.29. The molecular formula is C21H23NO4S. The number of fused-ring (bicyclic) bond motifs is 1. The Bertz CT molecular complexity index is 1070. The molecule has 0 spiro atoms. The van der Waals surface area contributed by atoms with Crippen LogP contribution in [0.15, 0.2) is 53.6 Å². The van der Waals surface area contributed by atoms with Crippen LogP contribution in [0.3, 0.4) is 0 Å². The highest BCUT2D eigenvalue weighted by atomic mass is 32.2. The summed E-state index contributed by atoms with van der Waals surface area (Å²) in [6.07, 6.45) is 1.61. The minimum atomic E-state index is -4.10. The highest BCUT2D eigenvalue weighted by Crippen LogP contribution is 2.34. The molecule has 0 amide bonds. The molecule has 0 saturated heterocycles. The van der Waals surface area contributed by atoms with Gasteiger partial charge in [0.25, 0.3) is 0 Å². The molecule has 5 nitrogen and oxygen atoms in total. The molecule has 0 aliphatic rings. The molecule has 6 heteroatoms. The van der Waals surface area contributed by atoms with Gasteiger partial charge in [-0.2, -0.15) is 8.42 Å². The van der Waals surface area contributed by atoms with Crippen molar-refractivity contribution in [3.05, 3.63) is 59.8 Å². The molecule has 0 aliphatic carbocycles. The molecular weight excluding hydrogens is 362 g/mol. The van der Waals surface area contributed by atoms with Crippen molar-refractivity contribution in [3.63, 3.8) is 0 Å². The summed E-state index contributed by atoms with van der Waals surface area (Å²) in [5, 5.41) is 0.807. The van der Waals surface area contributed by atoms with Gasteiger partial charge in [-0.25, -0.2) is 0 Å². The highest BCUT2D eigenvalue weighted by molar-refractivity contribution is 7.87. The summed E-state index contributed by atoms with van der Waals surface area (Å²) in [5.41, 5.74) is 2.42. The molecule has 0 radical (unpaired) electrons. The molecule has 0 saturated carbocycles. The summed E-state index contributed by atoms with van der Waals surface area (Å²) in [7, 11) is -4.10. The SMILES string of the molecule is CCOc1cc(C)c(C(C)C)cc1S(=O)(=O)Oc1cccc2cccnc12. The minimum absolute atomic E-state index is 0.0339. The van der Waals surface area contributed by atoms with Gasteiger partial charge in [-0.3, -0.25) is 4.98 Å². The van der Waals surface area contributed by atoms with E-state index < -0.39 is 10.1 Å². The largest absolute Gasteiger partial charge is 0.492 e. The van der Waals surface area contributed by atoms with E-state index in [1.54, 1.807) is 36.5 Å². The van der Waals surface area contributed by atoms with Crippen LogP contribution in [0.2, 0.25) is 0 Å². The van der Waals surface area contributed by atoms with Gasteiger partial charge >= 0.3 is 10.1 Å². The van der Waals surface area contributed by atoms with Crippen LogP contribution in [0.25, 0.3) is 10.9 Å². The van der Waals surface area contributed by atoms with E-state index in [9.17, 15) is 8.42 Å². The van der Waals surface area contributed by atoms with Gasteiger partial charge in [0, 0.05) is 11.6 Å². The van der Waals surface area contributed by atoms with Gasteiger partial charge in [0.1, 0.15) is 16.2 Å². The van der Waals surface area contributed by atoms with Gasteiger partial charge in [-0.1, -0.05) is 32.0 Å². The average molecular weight is 385 g/mol. The summed E-state index contributed by atoms with van der Waals surface area (Å²) in [6.45, 7) is 8.17. The zero-order valence-electron chi connectivity index (χ0n) is 15.9. The number of hydrogen-bond acceptors (Lipinski definition) is 5. The smallest absolute Gasteiger partial charge is 0.343 e. The Morgan fingerprint density at radius 3 is 2.52 bits per heavy atom. The van der Waals surface area contributed by atoms with E-state index in [0.717, 1.165) is 16.5 Å². The van der Waals surface area contributed by atoms with Crippen molar-refractivity contribution in [1.82, 2.24) is 4.98 Å². The number of rotatable bonds is 6. The lowest BCUT2D eigenvalue weighted by Crippen LogP contribution is -2.13. The van der Waals surface area contributed by atoms with Gasteiger partial charge in [0.15, 0.2) is 5.75 Å². The zero-order valence-corrected chi connectivity index (χ0v) is 16.7. The first-order chi connectivity index (χ1) is 12.8. The van der Waals surface area contributed by atoms with Crippen molar-refractivity contribution in [3.8, 4) is 11.5 Å². The fourth-order valence-electron chi connectivity index (χ4n) is 3.07. The molecule has 0 N–H and O–H groups in total. The van der Waals surface area contributed by atoms with Gasteiger partial charge in [-0.15, -0.1) is 0 Å². The van der Waals surface area contributed by atoms with Crippen LogP contribution in [0.4, 0.5) is 0 Å². The lowest BCUT2D eigenvalue weighted by Gasteiger charge is -2.17. The van der Waals surface area contributed by atoms with Gasteiger partial charge in [0.2, 0.25) is 0 Å². The summed E-state index contributed by atoms with van der Waals surface area (Å²) >= 11 is 0. The number of aryl methyl sites for hydroxylation is 1. The molecule has 0 unspecified atom stereocenters. The number of hydrogen-bond donors (Lipinski definition) is 0. The van der Waals surface area contributed by atoms with E-state index in [-0.39, 0.29) is 16.6 Å². The van der Waals surface area contributed by atoms with Gasteiger partial charge in [0.05, 0.1) is 6.61 Å². The molecule has 1 heterocycles. The number of pyridine rings is 1. The van der Waals surface area contributed by atoms with Crippen molar-refractivity contribution >= 4 is 21.0 Å². The van der Waals surface area contributed by atoms with Crippen LogP contribution < -0.4 is 8.92 Å². The molecule has 27 heavy (non-hydrogen) atoms. The van der Waals surface area contributed by atoms with Crippen LogP contribution in [0.1, 0.15) is 37.8 Å². The molecule has 0 aliphatic heterocycles. The van der Waals surface area contributed by atoms with Gasteiger partial charge < -0.3 is 8.92 Å². The Morgan fingerprint density at radius 2 is 1.81 bits per heavy atom. The van der Waals surface area contributed by atoms with Gasteiger partial charge in [-0.05, 0) is 55.2 Å². The van der Waals surface area contributed by atoms with E-state index in [1.165, 1.54) is 0 Å². The van der Waals surface area contributed by atoms with E-state index in [0.29, 0.717) is 17.9 Å². The maximum atomic E-state index is 13.1. The predicted octanol–water partition coefficient (Wildman–Crippen LogP) is 4.83. The fourth-order valence-corrected chi connectivity index (χ4v) is 4.17. The third kappa shape index (κ3) is 3.90. The molecule has 3 aromatic rings. The van der Waals surface area contributed by atoms with Crippen LogP contribution in [0.5, 0.6) is 11.5 Å². The molecule has 0 atom stereocenters. The monoisotopic (exact) mass is 385 g/mol. The first-order valence-electron chi connectivity index (χ1n) is 8.89. The zero-order chi connectivity index (χ0) is 19.6. The summed E-state index contributed by atoms with van der Waals surface area (Å²) in [6, 6.07) is 12.3. The first kappa shape index (κ1) is 19.2. The average Bonchev–Trinajstić information content (AvgIpc) is 2.61. The first-order valence-corrected chi connectivity index (χ1v) is 10.3. The van der Waals surface area contributed by atoms with Crippen molar-refractivity contribution in [1.29, 1.82) is 0 Å². The second-order valence-electron chi connectivity index (χ2n) is 6.61. The lowest BCUT2D eigenvalue weighted by molar-refractivity contribution is 0.329. The predicted molar refractivity (Wildman–Crippen MR) is 106 cm³/mol. The van der Waals surface area contributed by atoms with E-state index in [2.05, 4.69) is 4.98 Å². The van der Waals surface area contributed by atoms with E-state index >= 15 is 0 Å². The van der Waals surface area contributed by atoms with Crippen molar-refractivity contribution < 1.29 is 17.3 Å². The number of ether oxygens (including phenoxy) is 1. The van der Waals surface area contributed by atoms with Crippen molar-refractivity contribution in [2.24, 2.45) is 0 Å². The number of aromatic nitrogens is 1. The molecule has 1 aromatic heterocycles. The van der Waals surface area contributed by atoms with Crippen molar-refractivity contribution in [2.45, 2.75) is 38.5 Å². The van der Waals surface area contributed by atoms with E-state index in [4.69, 9.17) is 8.92 Å². The lowest BCUT2D eigenvalue weighted by atomic mass is 9.98. The molecule has 0 bridgehead atoms. The number of nitrogens with zero attached hydrogens (tertiary/aromatic N) is 1. The fraction of sp³-hybridized carbons (Fsp3) is 0.286. The molecule has 2 aromatic carbocycles. The highest BCUT2D eigenvalue weighted by Gasteiger charge is 2.25. The molecule has 0 fully saturated rings. The number of benzene rings is 2. The Hall–Kier alpha value is -2.60. The topological polar surface area (TPSA) is 65.5 Å². The van der Waals surface area contributed by atoms with Crippen LogP contribution in [0, 0.1) is 6.92 Å². The quantitative estimate of drug-likeness (QED) is 0.569. The Kier molecular flexibility index (Phi) is 5.37. The molecule has 3 rings (SSSR count). The Balaban J connectivity index is 2.12. The number of para-hydroxylation sites is 1. The van der Waals surface area contributed by atoms with Crippen LogP contribution >= 0.6 is 0 Å². The van der Waals surface area contributed by atoms with Crippen LogP contribution in [-0.4, -0.2) is 20.0 Å². The van der Waals surface area contributed by atoms with E-state index in [1.807, 2.05) is 39.8 Å². The second-order valence-corrected chi connectivity index (χ2v) is 8.13. The Labute approximate surface area is 160 Å². The minimum Gasteiger partial charge on any atom is -0.492 e. The maximum Gasteiger partial charge on any atom is 0.343 e. The third-order valence-electron chi connectivity index (χ3n) is 4.32. The van der Waals surface area contributed by atoms with Crippen molar-refractivity contribution in [2.75, 3.05) is 6.61 Å². The Morgan fingerprint density at radius 1 is 1.07 bits per heavy atom. The van der Waals surface area contributed by atoms with Crippen LogP contribution in [-0.2, 0) is 10.1 Å². The second kappa shape index (κ2) is 7.56.